The molecule has 0 spiro atoms. The summed E-state index contributed by atoms with van der Waals surface area (Å²) < 4.78 is 5.85. The highest BCUT2D eigenvalue weighted by atomic mass is 16.5. The molecule has 2 aromatic carbocycles. The third-order valence-corrected chi connectivity index (χ3v) is 4.06. The van der Waals surface area contributed by atoms with Crippen molar-refractivity contribution in [3.05, 3.63) is 64.7 Å². The number of carbonyl (C=O) groups excluding carboxylic acids is 2. The van der Waals surface area contributed by atoms with Crippen LogP contribution in [0.2, 0.25) is 0 Å². The maximum absolute atomic E-state index is 12.1. The van der Waals surface area contributed by atoms with Gasteiger partial charge in [-0.05, 0) is 17.7 Å². The Labute approximate surface area is 133 Å². The molecule has 5 nitrogen and oxygen atoms in total. The summed E-state index contributed by atoms with van der Waals surface area (Å²) in [4.78, 5) is 23.4. The van der Waals surface area contributed by atoms with Crippen LogP contribution in [0.5, 0.6) is 5.75 Å². The van der Waals surface area contributed by atoms with E-state index in [1.807, 2.05) is 30.3 Å². The summed E-state index contributed by atoms with van der Waals surface area (Å²) in [7, 11) is 1.52. The topological polar surface area (TPSA) is 75.6 Å². The molecule has 5 heteroatoms. The van der Waals surface area contributed by atoms with E-state index in [1.165, 1.54) is 13.1 Å². The van der Waals surface area contributed by atoms with Crippen LogP contribution >= 0.6 is 0 Å². The van der Waals surface area contributed by atoms with Gasteiger partial charge >= 0.3 is 0 Å². The first kappa shape index (κ1) is 15.2. The average Bonchev–Trinajstić information content (AvgIpc) is 2.99. The fraction of sp³-hybridized carbons (Fsp3) is 0.222. The first-order valence-corrected chi connectivity index (χ1v) is 7.37. The van der Waals surface area contributed by atoms with Gasteiger partial charge in [0.15, 0.2) is 0 Å². The summed E-state index contributed by atoms with van der Waals surface area (Å²) in [5.41, 5.74) is 2.43. The highest BCUT2D eigenvalue weighted by Gasteiger charge is 2.38. The quantitative estimate of drug-likeness (QED) is 0.844. The van der Waals surface area contributed by atoms with Gasteiger partial charge in [-0.15, -0.1) is 0 Å². The van der Waals surface area contributed by atoms with E-state index >= 15 is 0 Å². The maximum Gasteiger partial charge on any atom is 0.254 e. The summed E-state index contributed by atoms with van der Waals surface area (Å²) in [5, 5.41) is 12.2. The van der Waals surface area contributed by atoms with Crippen molar-refractivity contribution in [3.8, 4) is 5.75 Å². The largest absolute Gasteiger partial charge is 0.486 e. The Balaban J connectivity index is 2.20. The van der Waals surface area contributed by atoms with Crippen LogP contribution in [0.3, 0.4) is 0 Å². The zero-order valence-electron chi connectivity index (χ0n) is 12.7. The van der Waals surface area contributed by atoms with Gasteiger partial charge in [0, 0.05) is 18.2 Å². The molecule has 0 fully saturated rings. The van der Waals surface area contributed by atoms with E-state index in [0.29, 0.717) is 23.2 Å². The lowest BCUT2D eigenvalue weighted by Gasteiger charge is -2.17. The van der Waals surface area contributed by atoms with Gasteiger partial charge in [0.2, 0.25) is 0 Å². The lowest BCUT2D eigenvalue weighted by molar-refractivity contribution is 0.0947. The summed E-state index contributed by atoms with van der Waals surface area (Å²) in [6.07, 6.45) is 0.221. The van der Waals surface area contributed by atoms with Crippen molar-refractivity contribution in [1.82, 2.24) is 5.32 Å². The molecule has 23 heavy (non-hydrogen) atoms. The van der Waals surface area contributed by atoms with Gasteiger partial charge in [-0.1, -0.05) is 30.3 Å². The predicted octanol–water partition coefficient (Wildman–Crippen LogP) is 1.74. The van der Waals surface area contributed by atoms with E-state index in [4.69, 9.17) is 4.74 Å². The molecule has 0 aromatic heterocycles. The number of ether oxygens (including phenoxy) is 1. The molecule has 1 aliphatic heterocycles. The Morgan fingerprint density at radius 3 is 2.65 bits per heavy atom. The standard InChI is InChI=1S/C18H17NO4/c1-19-18(22)14-8-11(9-20)7-13-16(12-5-3-2-4-6-12)15(10-21)23-17(13)14/h2-9,15-16,21H,10H2,1H3,(H,19,22)/t15?,16-/m0/s1. The maximum atomic E-state index is 12.1. The number of rotatable bonds is 4. The number of fused-ring (bicyclic) bond motifs is 1. The van der Waals surface area contributed by atoms with Crippen molar-refractivity contribution in [1.29, 1.82) is 0 Å². The molecule has 1 amide bonds. The van der Waals surface area contributed by atoms with E-state index < -0.39 is 6.10 Å². The molecule has 3 rings (SSSR count). The van der Waals surface area contributed by atoms with Gasteiger partial charge < -0.3 is 15.2 Å². The average molecular weight is 311 g/mol. The molecule has 0 aliphatic carbocycles. The highest BCUT2D eigenvalue weighted by molar-refractivity contribution is 5.99. The van der Waals surface area contributed by atoms with Crippen molar-refractivity contribution in [3.63, 3.8) is 0 Å². The first-order chi connectivity index (χ1) is 11.2. The van der Waals surface area contributed by atoms with Crippen molar-refractivity contribution in [2.45, 2.75) is 12.0 Å². The van der Waals surface area contributed by atoms with Crippen LogP contribution in [0.15, 0.2) is 42.5 Å². The van der Waals surface area contributed by atoms with Crippen molar-refractivity contribution in [2.24, 2.45) is 0 Å². The highest BCUT2D eigenvalue weighted by Crippen LogP contribution is 2.44. The Bertz CT molecular complexity index is 742. The number of nitrogens with one attached hydrogen (secondary N) is 1. The molecule has 1 aliphatic rings. The zero-order valence-corrected chi connectivity index (χ0v) is 12.7. The third-order valence-electron chi connectivity index (χ3n) is 4.06. The minimum Gasteiger partial charge on any atom is -0.486 e. The fourth-order valence-electron chi connectivity index (χ4n) is 3.03. The van der Waals surface area contributed by atoms with Crippen molar-refractivity contribution >= 4 is 12.2 Å². The number of amides is 1. The van der Waals surface area contributed by atoms with Gasteiger partial charge in [0.1, 0.15) is 18.1 Å². The Morgan fingerprint density at radius 2 is 2.04 bits per heavy atom. The molecule has 0 saturated carbocycles. The minimum atomic E-state index is -0.488. The number of aldehydes is 1. The van der Waals surface area contributed by atoms with Crippen molar-refractivity contribution in [2.75, 3.05) is 13.7 Å². The minimum absolute atomic E-state index is 0.183. The van der Waals surface area contributed by atoms with Crippen molar-refractivity contribution < 1.29 is 19.4 Å². The van der Waals surface area contributed by atoms with Crippen LogP contribution < -0.4 is 10.1 Å². The molecule has 2 N–H and O–H groups in total. The molecular formula is C18H17NO4. The second-order valence-electron chi connectivity index (χ2n) is 5.41. The van der Waals surface area contributed by atoms with Gasteiger partial charge in [0.25, 0.3) is 5.91 Å². The monoisotopic (exact) mass is 311 g/mol. The molecule has 0 saturated heterocycles. The molecule has 2 atom stereocenters. The Kier molecular flexibility index (Phi) is 4.12. The Hall–Kier alpha value is -2.66. The predicted molar refractivity (Wildman–Crippen MR) is 85.0 cm³/mol. The van der Waals surface area contributed by atoms with E-state index in [2.05, 4.69) is 5.32 Å². The van der Waals surface area contributed by atoms with E-state index in [1.54, 1.807) is 6.07 Å². The zero-order chi connectivity index (χ0) is 16.4. The molecule has 0 bridgehead atoms. The van der Waals surface area contributed by atoms with Crippen LogP contribution in [0.4, 0.5) is 0 Å². The van der Waals surface area contributed by atoms with Crippen LogP contribution in [-0.2, 0) is 0 Å². The van der Waals surface area contributed by atoms with E-state index in [0.717, 1.165) is 11.1 Å². The second kappa shape index (κ2) is 6.22. The third kappa shape index (κ3) is 2.59. The molecule has 1 heterocycles. The molecule has 2 aromatic rings. The summed E-state index contributed by atoms with van der Waals surface area (Å²) >= 11 is 0. The number of hydrogen-bond acceptors (Lipinski definition) is 4. The smallest absolute Gasteiger partial charge is 0.254 e. The SMILES string of the molecule is CNC(=O)c1cc(C=O)cc2c1OC(CO)[C@H]2c1ccccc1. The number of carbonyl (C=O) groups is 2. The number of aliphatic hydroxyl groups excluding tert-OH is 1. The van der Waals surface area contributed by atoms with Gasteiger partial charge in [-0.2, -0.15) is 0 Å². The number of benzene rings is 2. The summed E-state index contributed by atoms with van der Waals surface area (Å²) in [6.45, 7) is -0.183. The first-order valence-electron chi connectivity index (χ1n) is 7.37. The molecule has 0 radical (unpaired) electrons. The summed E-state index contributed by atoms with van der Waals surface area (Å²) in [5.74, 6) is -0.113. The van der Waals surface area contributed by atoms with Crippen LogP contribution in [0.25, 0.3) is 0 Å². The van der Waals surface area contributed by atoms with E-state index in [9.17, 15) is 14.7 Å². The van der Waals surface area contributed by atoms with Crippen LogP contribution in [0, 0.1) is 0 Å². The lowest BCUT2D eigenvalue weighted by Crippen LogP contribution is -2.24. The molecular weight excluding hydrogens is 294 g/mol. The number of hydrogen-bond donors (Lipinski definition) is 2. The van der Waals surface area contributed by atoms with Gasteiger partial charge in [-0.25, -0.2) is 0 Å². The van der Waals surface area contributed by atoms with Gasteiger partial charge in [0.05, 0.1) is 18.1 Å². The number of aliphatic hydroxyl groups is 1. The molecule has 1 unspecified atom stereocenters. The normalized spacial score (nSPS) is 18.9. The van der Waals surface area contributed by atoms with E-state index in [-0.39, 0.29) is 18.4 Å². The fourth-order valence-corrected chi connectivity index (χ4v) is 3.03. The van der Waals surface area contributed by atoms with Crippen LogP contribution in [-0.4, -0.2) is 37.1 Å². The lowest BCUT2D eigenvalue weighted by atomic mass is 9.87. The van der Waals surface area contributed by atoms with Gasteiger partial charge in [-0.3, -0.25) is 9.59 Å². The Morgan fingerprint density at radius 1 is 1.30 bits per heavy atom. The molecule has 118 valence electrons. The second-order valence-corrected chi connectivity index (χ2v) is 5.41. The summed E-state index contributed by atoms with van der Waals surface area (Å²) in [6, 6.07) is 12.8. The van der Waals surface area contributed by atoms with Crippen LogP contribution in [0.1, 0.15) is 37.8 Å².